The third kappa shape index (κ3) is 4.16. The molecule has 0 aliphatic carbocycles. The lowest BCUT2D eigenvalue weighted by molar-refractivity contribution is 0.102. The second kappa shape index (κ2) is 7.48. The van der Waals surface area contributed by atoms with Crippen molar-refractivity contribution in [2.45, 2.75) is 26.3 Å². The Morgan fingerprint density at radius 3 is 2.70 bits per heavy atom. The Morgan fingerprint density at radius 2 is 2.07 bits per heavy atom. The first kappa shape index (κ1) is 19.0. The standard InChI is InChI=1S/C19H19FN4O2S.H2/c1-11-8-19(3,24-12(2)27-11)14-7-13(5-6-15(14)20)23-18(25)16-9-22-17(26-4)10-21-16;/h5-10H,1-4H3,(H,23,25);1H. The van der Waals surface area contributed by atoms with Crippen molar-refractivity contribution in [3.8, 4) is 5.88 Å². The molecule has 8 heteroatoms. The minimum Gasteiger partial charge on any atom is -0.480 e. The first-order chi connectivity index (χ1) is 12.8. The largest absolute Gasteiger partial charge is 0.480 e. The van der Waals surface area contributed by atoms with Gasteiger partial charge in [-0.05, 0) is 50.0 Å². The molecule has 142 valence electrons. The predicted molar refractivity (Wildman–Crippen MR) is 107 cm³/mol. The van der Waals surface area contributed by atoms with Crippen LogP contribution in [0.5, 0.6) is 5.88 Å². The molecule has 0 fully saturated rings. The van der Waals surface area contributed by atoms with E-state index in [2.05, 4.69) is 20.3 Å². The maximum absolute atomic E-state index is 14.5. The Hall–Kier alpha value is -2.74. The summed E-state index contributed by atoms with van der Waals surface area (Å²) in [7, 11) is 1.47. The predicted octanol–water partition coefficient (Wildman–Crippen LogP) is 4.41. The molecule has 0 saturated heterocycles. The van der Waals surface area contributed by atoms with E-state index in [1.165, 1.54) is 31.6 Å². The Kier molecular flexibility index (Phi) is 5.27. The molecule has 1 atom stereocenters. The number of carbonyl (C=O) groups is 1. The van der Waals surface area contributed by atoms with Gasteiger partial charge in [0.25, 0.3) is 5.91 Å². The fraction of sp³-hybridized carbons (Fsp3) is 0.263. The number of aromatic nitrogens is 2. The minimum atomic E-state index is -0.829. The number of hydrogen-bond donors (Lipinski definition) is 1. The minimum absolute atomic E-state index is 0. The molecule has 1 aliphatic heterocycles. The van der Waals surface area contributed by atoms with Gasteiger partial charge in [0, 0.05) is 12.7 Å². The maximum Gasteiger partial charge on any atom is 0.275 e. The number of methoxy groups -OCH3 is 1. The third-order valence-corrected chi connectivity index (χ3v) is 4.85. The number of amides is 1. The molecule has 6 nitrogen and oxygen atoms in total. The number of nitrogens with one attached hydrogen (secondary N) is 1. The Bertz CT molecular complexity index is 929. The highest BCUT2D eigenvalue weighted by Gasteiger charge is 2.30. The number of halogens is 1. The fourth-order valence-corrected chi connectivity index (χ4v) is 3.89. The van der Waals surface area contributed by atoms with Crippen LogP contribution in [0, 0.1) is 5.82 Å². The van der Waals surface area contributed by atoms with E-state index < -0.39 is 11.4 Å². The third-order valence-electron chi connectivity index (χ3n) is 4.02. The van der Waals surface area contributed by atoms with Crippen LogP contribution in [0.2, 0.25) is 0 Å². The molecule has 0 spiro atoms. The van der Waals surface area contributed by atoms with Gasteiger partial charge in [0.2, 0.25) is 5.88 Å². The van der Waals surface area contributed by atoms with Crippen molar-refractivity contribution in [3.05, 3.63) is 58.6 Å². The van der Waals surface area contributed by atoms with Crippen molar-refractivity contribution in [1.82, 2.24) is 9.97 Å². The lowest BCUT2D eigenvalue weighted by atomic mass is 9.91. The molecule has 0 radical (unpaired) electrons. The second-order valence-corrected chi connectivity index (χ2v) is 7.67. The summed E-state index contributed by atoms with van der Waals surface area (Å²) in [5, 5.41) is 3.58. The van der Waals surface area contributed by atoms with Gasteiger partial charge in [0.15, 0.2) is 0 Å². The smallest absolute Gasteiger partial charge is 0.275 e. The van der Waals surface area contributed by atoms with E-state index in [-0.39, 0.29) is 12.9 Å². The lowest BCUT2D eigenvalue weighted by Gasteiger charge is -2.28. The van der Waals surface area contributed by atoms with Gasteiger partial charge in [0.05, 0.1) is 24.5 Å². The van der Waals surface area contributed by atoms with E-state index in [0.717, 1.165) is 9.95 Å². The van der Waals surface area contributed by atoms with Crippen LogP contribution in [0.25, 0.3) is 0 Å². The van der Waals surface area contributed by atoms with Gasteiger partial charge in [-0.2, -0.15) is 0 Å². The van der Waals surface area contributed by atoms with E-state index in [9.17, 15) is 9.18 Å². The number of allylic oxidation sites excluding steroid dienone is 1. The van der Waals surface area contributed by atoms with Crippen LogP contribution in [0.4, 0.5) is 10.1 Å². The SMILES string of the molecule is COc1cnc(C(=O)Nc2ccc(F)c(C3(C)C=C(C)SC(C)=N3)c2)cn1.[HH]. The monoisotopic (exact) mass is 388 g/mol. The van der Waals surface area contributed by atoms with Gasteiger partial charge >= 0.3 is 0 Å². The highest BCUT2D eigenvalue weighted by Crippen LogP contribution is 2.38. The van der Waals surface area contributed by atoms with Crippen LogP contribution in [0.1, 0.15) is 38.2 Å². The van der Waals surface area contributed by atoms with E-state index >= 15 is 0 Å². The zero-order chi connectivity index (χ0) is 19.6. The molecule has 2 heterocycles. The summed E-state index contributed by atoms with van der Waals surface area (Å²) < 4.78 is 19.5. The van der Waals surface area contributed by atoms with Crippen molar-refractivity contribution in [1.29, 1.82) is 0 Å². The van der Waals surface area contributed by atoms with Crippen molar-refractivity contribution >= 4 is 28.4 Å². The summed E-state index contributed by atoms with van der Waals surface area (Å²) >= 11 is 1.55. The normalized spacial score (nSPS) is 19.1. The molecule has 27 heavy (non-hydrogen) atoms. The summed E-state index contributed by atoms with van der Waals surface area (Å²) in [4.78, 5) is 26.0. The number of hydrogen-bond acceptors (Lipinski definition) is 6. The Balaban J connectivity index is 0.00000280. The van der Waals surface area contributed by atoms with Crippen molar-refractivity contribution in [3.63, 3.8) is 0 Å². The van der Waals surface area contributed by atoms with Gasteiger partial charge in [0.1, 0.15) is 17.1 Å². The number of thioether (sulfide) groups is 1. The summed E-state index contributed by atoms with van der Waals surface area (Å²) in [6.45, 7) is 5.71. The van der Waals surface area contributed by atoms with Crippen LogP contribution in [-0.2, 0) is 5.54 Å². The average molecular weight is 388 g/mol. The maximum atomic E-state index is 14.5. The topological polar surface area (TPSA) is 76.5 Å². The molecule has 1 aromatic carbocycles. The molecule has 1 unspecified atom stereocenters. The molecule has 3 rings (SSSR count). The van der Waals surface area contributed by atoms with E-state index in [1.807, 2.05) is 26.8 Å². The van der Waals surface area contributed by atoms with E-state index in [0.29, 0.717) is 17.1 Å². The summed E-state index contributed by atoms with van der Waals surface area (Å²) in [6, 6.07) is 4.42. The molecule has 1 amide bonds. The van der Waals surface area contributed by atoms with Crippen LogP contribution in [0.15, 0.2) is 46.6 Å². The molecular weight excluding hydrogens is 367 g/mol. The first-order valence-corrected chi connectivity index (χ1v) is 9.03. The van der Waals surface area contributed by atoms with Crippen LogP contribution in [0.3, 0.4) is 0 Å². The molecular formula is C19H21FN4O2S. The molecule has 1 aliphatic rings. The fourth-order valence-electron chi connectivity index (χ4n) is 2.90. The van der Waals surface area contributed by atoms with Gasteiger partial charge in [-0.25, -0.2) is 14.4 Å². The highest BCUT2D eigenvalue weighted by atomic mass is 32.2. The van der Waals surface area contributed by atoms with Crippen molar-refractivity contribution in [2.75, 3.05) is 12.4 Å². The number of anilines is 1. The van der Waals surface area contributed by atoms with E-state index in [1.54, 1.807) is 17.8 Å². The van der Waals surface area contributed by atoms with Crippen molar-refractivity contribution in [2.24, 2.45) is 4.99 Å². The second-order valence-electron chi connectivity index (χ2n) is 6.23. The number of benzene rings is 1. The van der Waals surface area contributed by atoms with Gasteiger partial charge in [-0.1, -0.05) is 11.8 Å². The Morgan fingerprint density at radius 1 is 1.30 bits per heavy atom. The number of aliphatic imine (C=N–C) groups is 1. The molecule has 2 aromatic rings. The first-order valence-electron chi connectivity index (χ1n) is 8.22. The number of ether oxygens (including phenoxy) is 1. The van der Waals surface area contributed by atoms with E-state index in [4.69, 9.17) is 4.74 Å². The molecule has 1 N–H and O–H groups in total. The lowest BCUT2D eigenvalue weighted by Crippen LogP contribution is -2.23. The van der Waals surface area contributed by atoms with Crippen molar-refractivity contribution < 1.29 is 15.3 Å². The van der Waals surface area contributed by atoms with Crippen LogP contribution >= 0.6 is 11.8 Å². The zero-order valence-corrected chi connectivity index (χ0v) is 16.2. The summed E-state index contributed by atoms with van der Waals surface area (Å²) in [5.74, 6) is -0.514. The molecule has 1 aromatic heterocycles. The number of rotatable bonds is 4. The summed E-state index contributed by atoms with van der Waals surface area (Å²) in [6.07, 6.45) is 4.60. The highest BCUT2D eigenvalue weighted by molar-refractivity contribution is 8.17. The van der Waals surface area contributed by atoms with Gasteiger partial charge < -0.3 is 10.1 Å². The molecule has 0 bridgehead atoms. The number of carbonyl (C=O) groups excluding carboxylic acids is 1. The molecule has 0 saturated carbocycles. The van der Waals surface area contributed by atoms with Crippen LogP contribution in [-0.4, -0.2) is 28.0 Å². The summed E-state index contributed by atoms with van der Waals surface area (Å²) in [5.41, 5.74) is 0.142. The van der Waals surface area contributed by atoms with Gasteiger partial charge in [-0.3, -0.25) is 9.79 Å². The number of nitrogens with zero attached hydrogens (tertiary/aromatic N) is 3. The zero-order valence-electron chi connectivity index (χ0n) is 15.4. The van der Waals surface area contributed by atoms with Crippen LogP contribution < -0.4 is 10.1 Å². The Labute approximate surface area is 162 Å². The average Bonchev–Trinajstić information content (AvgIpc) is 2.62. The quantitative estimate of drug-likeness (QED) is 0.840. The van der Waals surface area contributed by atoms with Gasteiger partial charge in [-0.15, -0.1) is 0 Å².